The van der Waals surface area contributed by atoms with E-state index in [2.05, 4.69) is 44.5 Å². The second-order valence-corrected chi connectivity index (χ2v) is 8.83. The average molecular weight is 415 g/mol. The molecule has 1 aromatic carbocycles. The van der Waals surface area contributed by atoms with Crippen molar-refractivity contribution < 1.29 is 4.79 Å². The molecule has 0 unspecified atom stereocenters. The predicted molar refractivity (Wildman–Crippen MR) is 123 cm³/mol. The number of aromatic nitrogens is 2. The van der Waals surface area contributed by atoms with Gasteiger partial charge in [-0.15, -0.1) is 0 Å². The second kappa shape index (κ2) is 9.40. The Morgan fingerprint density at radius 1 is 0.935 bits per heavy atom. The molecule has 0 bridgehead atoms. The van der Waals surface area contributed by atoms with Crippen molar-refractivity contribution in [1.82, 2.24) is 20.2 Å². The van der Waals surface area contributed by atoms with Crippen LogP contribution in [-0.4, -0.2) is 39.9 Å². The molecular formula is C26H30N4O. The Bertz CT molecular complexity index is 989. The maximum absolute atomic E-state index is 13.3. The summed E-state index contributed by atoms with van der Waals surface area (Å²) in [6.07, 6.45) is 8.88. The van der Waals surface area contributed by atoms with E-state index >= 15 is 0 Å². The topological polar surface area (TPSA) is 58.1 Å². The molecule has 0 spiro atoms. The minimum Gasteiger partial charge on any atom is -0.353 e. The van der Waals surface area contributed by atoms with Crippen LogP contribution in [0.2, 0.25) is 0 Å². The standard InChI is InChI=1S/C26H30N4O/c1-20(2)29-25(31)26(11-16-30(19-26)18-22-7-12-27-13-8-22)17-21-3-5-23(6-4-21)24-9-14-28-15-10-24/h3-10,12-15,20H,11,16-19H2,1-2H3,(H,29,31)/t26-/m0/s1. The highest BCUT2D eigenvalue weighted by molar-refractivity contribution is 5.84. The zero-order chi connectivity index (χ0) is 21.7. The van der Waals surface area contributed by atoms with E-state index in [-0.39, 0.29) is 11.9 Å². The lowest BCUT2D eigenvalue weighted by molar-refractivity contribution is -0.131. The van der Waals surface area contributed by atoms with Gasteiger partial charge in [-0.1, -0.05) is 24.3 Å². The normalized spacial score (nSPS) is 18.9. The van der Waals surface area contributed by atoms with Crippen molar-refractivity contribution >= 4 is 5.91 Å². The number of rotatable bonds is 7. The molecule has 31 heavy (non-hydrogen) atoms. The van der Waals surface area contributed by atoms with Crippen LogP contribution in [0.25, 0.3) is 11.1 Å². The summed E-state index contributed by atoms with van der Waals surface area (Å²) < 4.78 is 0. The Labute approximate surface area is 184 Å². The van der Waals surface area contributed by atoms with E-state index in [1.54, 1.807) is 0 Å². The summed E-state index contributed by atoms with van der Waals surface area (Å²) in [7, 11) is 0. The lowest BCUT2D eigenvalue weighted by atomic mass is 9.79. The highest BCUT2D eigenvalue weighted by atomic mass is 16.2. The smallest absolute Gasteiger partial charge is 0.228 e. The van der Waals surface area contributed by atoms with Crippen LogP contribution in [0.15, 0.2) is 73.3 Å². The molecule has 3 aromatic rings. The number of likely N-dealkylation sites (tertiary alicyclic amines) is 1. The first-order valence-electron chi connectivity index (χ1n) is 11.0. The van der Waals surface area contributed by atoms with Crippen molar-refractivity contribution in [3.63, 3.8) is 0 Å². The molecule has 1 aliphatic rings. The largest absolute Gasteiger partial charge is 0.353 e. The van der Waals surface area contributed by atoms with Gasteiger partial charge in [-0.3, -0.25) is 19.7 Å². The number of carbonyl (C=O) groups is 1. The minimum absolute atomic E-state index is 0.132. The van der Waals surface area contributed by atoms with Crippen molar-refractivity contribution in [1.29, 1.82) is 0 Å². The van der Waals surface area contributed by atoms with Crippen molar-refractivity contribution in [3.8, 4) is 11.1 Å². The Morgan fingerprint density at radius 2 is 1.55 bits per heavy atom. The first kappa shape index (κ1) is 21.2. The van der Waals surface area contributed by atoms with Gasteiger partial charge in [0.05, 0.1) is 5.41 Å². The monoisotopic (exact) mass is 414 g/mol. The maximum atomic E-state index is 13.3. The minimum atomic E-state index is -0.407. The first-order valence-corrected chi connectivity index (χ1v) is 11.0. The number of hydrogen-bond acceptors (Lipinski definition) is 4. The van der Waals surface area contributed by atoms with Crippen LogP contribution in [0.4, 0.5) is 0 Å². The Balaban J connectivity index is 1.52. The number of hydrogen-bond donors (Lipinski definition) is 1. The van der Waals surface area contributed by atoms with Gasteiger partial charge in [-0.25, -0.2) is 0 Å². The molecule has 2 aromatic heterocycles. The van der Waals surface area contributed by atoms with E-state index in [1.165, 1.54) is 11.1 Å². The summed E-state index contributed by atoms with van der Waals surface area (Å²) in [5, 5.41) is 3.18. The zero-order valence-electron chi connectivity index (χ0n) is 18.3. The number of amides is 1. The highest BCUT2D eigenvalue weighted by Crippen LogP contribution is 2.36. The van der Waals surface area contributed by atoms with Crippen molar-refractivity contribution in [2.45, 2.75) is 39.3 Å². The van der Waals surface area contributed by atoms with Crippen molar-refractivity contribution in [2.24, 2.45) is 5.41 Å². The maximum Gasteiger partial charge on any atom is 0.228 e. The van der Waals surface area contributed by atoms with E-state index in [1.807, 2.05) is 62.9 Å². The fraction of sp³-hybridized carbons (Fsp3) is 0.346. The van der Waals surface area contributed by atoms with Gasteiger partial charge in [0.2, 0.25) is 5.91 Å². The summed E-state index contributed by atoms with van der Waals surface area (Å²) in [5.74, 6) is 0.165. The van der Waals surface area contributed by atoms with Crippen LogP contribution < -0.4 is 5.32 Å². The van der Waals surface area contributed by atoms with E-state index in [0.29, 0.717) is 0 Å². The van der Waals surface area contributed by atoms with Gasteiger partial charge < -0.3 is 5.32 Å². The number of nitrogens with one attached hydrogen (secondary N) is 1. The van der Waals surface area contributed by atoms with Crippen LogP contribution in [0.5, 0.6) is 0 Å². The molecule has 5 nitrogen and oxygen atoms in total. The van der Waals surface area contributed by atoms with E-state index in [9.17, 15) is 4.79 Å². The summed E-state index contributed by atoms with van der Waals surface area (Å²) in [6.45, 7) is 6.58. The summed E-state index contributed by atoms with van der Waals surface area (Å²) in [6, 6.07) is 16.9. The van der Waals surface area contributed by atoms with E-state index in [4.69, 9.17) is 0 Å². The second-order valence-electron chi connectivity index (χ2n) is 8.83. The number of benzene rings is 1. The molecule has 1 saturated heterocycles. The molecule has 5 heteroatoms. The molecule has 1 N–H and O–H groups in total. The van der Waals surface area contributed by atoms with E-state index in [0.717, 1.165) is 43.6 Å². The molecule has 0 aliphatic carbocycles. The Morgan fingerprint density at radius 3 is 2.19 bits per heavy atom. The van der Waals surface area contributed by atoms with Gasteiger partial charge in [0.15, 0.2) is 0 Å². The molecule has 4 rings (SSSR count). The fourth-order valence-corrected chi connectivity index (χ4v) is 4.41. The van der Waals surface area contributed by atoms with Gasteiger partial charge in [-0.2, -0.15) is 0 Å². The molecule has 1 amide bonds. The third-order valence-electron chi connectivity index (χ3n) is 6.00. The molecule has 1 aliphatic heterocycles. The predicted octanol–water partition coefficient (Wildman–Crippen LogP) is 4.10. The fourth-order valence-electron chi connectivity index (χ4n) is 4.41. The summed E-state index contributed by atoms with van der Waals surface area (Å²) in [5.41, 5.74) is 4.34. The summed E-state index contributed by atoms with van der Waals surface area (Å²) in [4.78, 5) is 23.9. The average Bonchev–Trinajstić information content (AvgIpc) is 3.19. The highest BCUT2D eigenvalue weighted by Gasteiger charge is 2.44. The molecule has 3 heterocycles. The number of pyridine rings is 2. The zero-order valence-corrected chi connectivity index (χ0v) is 18.3. The summed E-state index contributed by atoms with van der Waals surface area (Å²) >= 11 is 0. The van der Waals surface area contributed by atoms with E-state index < -0.39 is 5.41 Å². The van der Waals surface area contributed by atoms with Gasteiger partial charge in [-0.05, 0) is 79.8 Å². The molecule has 0 radical (unpaired) electrons. The van der Waals surface area contributed by atoms with Crippen LogP contribution >= 0.6 is 0 Å². The lowest BCUT2D eigenvalue weighted by Crippen LogP contribution is -2.46. The molecule has 160 valence electrons. The van der Waals surface area contributed by atoms with Gasteiger partial charge in [0, 0.05) is 43.9 Å². The number of carbonyl (C=O) groups excluding carboxylic acids is 1. The quantitative estimate of drug-likeness (QED) is 0.632. The Kier molecular flexibility index (Phi) is 6.42. The van der Waals surface area contributed by atoms with Crippen molar-refractivity contribution in [2.75, 3.05) is 13.1 Å². The number of nitrogens with zero attached hydrogens (tertiary/aromatic N) is 3. The van der Waals surface area contributed by atoms with Gasteiger partial charge in [0.1, 0.15) is 0 Å². The molecule has 0 saturated carbocycles. The van der Waals surface area contributed by atoms with Crippen LogP contribution in [-0.2, 0) is 17.8 Å². The van der Waals surface area contributed by atoms with Crippen LogP contribution in [0, 0.1) is 5.41 Å². The molecule has 1 atom stereocenters. The third kappa shape index (κ3) is 5.17. The van der Waals surface area contributed by atoms with Gasteiger partial charge >= 0.3 is 0 Å². The van der Waals surface area contributed by atoms with Crippen LogP contribution in [0.3, 0.4) is 0 Å². The van der Waals surface area contributed by atoms with Gasteiger partial charge in [0.25, 0.3) is 0 Å². The Hall–Kier alpha value is -3.05. The van der Waals surface area contributed by atoms with Crippen LogP contribution in [0.1, 0.15) is 31.4 Å². The third-order valence-corrected chi connectivity index (χ3v) is 6.00. The van der Waals surface area contributed by atoms with Crippen molar-refractivity contribution in [3.05, 3.63) is 84.4 Å². The lowest BCUT2D eigenvalue weighted by Gasteiger charge is -2.30. The molecular weight excluding hydrogens is 384 g/mol. The SMILES string of the molecule is CC(C)NC(=O)[C@]1(Cc2ccc(-c3ccncc3)cc2)CCN(Cc2ccncc2)C1. The molecule has 1 fully saturated rings. The first-order chi connectivity index (χ1) is 15.0.